The zero-order chi connectivity index (χ0) is 11.4. The fourth-order valence-corrected chi connectivity index (χ4v) is 1.95. The van der Waals surface area contributed by atoms with Crippen molar-refractivity contribution in [3.63, 3.8) is 0 Å². The second kappa shape index (κ2) is 5.18. The highest BCUT2D eigenvalue weighted by atomic mass is 16.5. The molecule has 1 heterocycles. The molecule has 0 bridgehead atoms. The Bertz CT molecular complexity index is 348. The van der Waals surface area contributed by atoms with E-state index in [0.29, 0.717) is 6.61 Å². The Labute approximate surface area is 95.5 Å². The van der Waals surface area contributed by atoms with Crippen LogP contribution in [-0.2, 0) is 4.74 Å². The summed E-state index contributed by atoms with van der Waals surface area (Å²) in [5.74, 6) is 1.54. The minimum atomic E-state index is 0.179. The molecule has 16 heavy (non-hydrogen) atoms. The molecule has 1 saturated heterocycles. The van der Waals surface area contributed by atoms with E-state index in [4.69, 9.17) is 14.2 Å². The maximum atomic E-state index is 5.45. The van der Waals surface area contributed by atoms with Gasteiger partial charge in [0.25, 0.3) is 0 Å². The van der Waals surface area contributed by atoms with Gasteiger partial charge in [0.15, 0.2) is 11.5 Å². The first-order valence-corrected chi connectivity index (χ1v) is 5.39. The third kappa shape index (κ3) is 2.13. The van der Waals surface area contributed by atoms with Crippen LogP contribution in [0, 0.1) is 0 Å². The van der Waals surface area contributed by atoms with Gasteiger partial charge in [-0.25, -0.2) is 0 Å². The zero-order valence-electron chi connectivity index (χ0n) is 9.66. The van der Waals surface area contributed by atoms with E-state index in [2.05, 4.69) is 5.32 Å². The van der Waals surface area contributed by atoms with E-state index in [0.717, 1.165) is 30.2 Å². The van der Waals surface area contributed by atoms with Crippen LogP contribution in [0.1, 0.15) is 11.6 Å². The summed E-state index contributed by atoms with van der Waals surface area (Å²) in [6.07, 6.45) is 0. The van der Waals surface area contributed by atoms with Gasteiger partial charge in [-0.2, -0.15) is 0 Å². The largest absolute Gasteiger partial charge is 0.493 e. The van der Waals surface area contributed by atoms with E-state index in [1.165, 1.54) is 0 Å². The molecule has 1 aromatic rings. The molecule has 1 N–H and O–H groups in total. The van der Waals surface area contributed by atoms with Crippen LogP contribution < -0.4 is 14.8 Å². The number of ether oxygens (including phenoxy) is 3. The van der Waals surface area contributed by atoms with E-state index in [9.17, 15) is 0 Å². The smallest absolute Gasteiger partial charge is 0.165 e. The highest BCUT2D eigenvalue weighted by molar-refractivity contribution is 5.48. The molecule has 0 radical (unpaired) electrons. The second-order valence-electron chi connectivity index (χ2n) is 3.66. The molecule has 0 unspecified atom stereocenters. The van der Waals surface area contributed by atoms with Gasteiger partial charge in [-0.3, -0.25) is 0 Å². The van der Waals surface area contributed by atoms with Gasteiger partial charge >= 0.3 is 0 Å². The van der Waals surface area contributed by atoms with Crippen molar-refractivity contribution in [2.75, 3.05) is 34.0 Å². The molecule has 0 saturated carbocycles. The van der Waals surface area contributed by atoms with E-state index in [-0.39, 0.29) is 6.04 Å². The molecule has 0 amide bonds. The molecule has 1 atom stereocenters. The van der Waals surface area contributed by atoms with Crippen LogP contribution in [0.4, 0.5) is 0 Å². The van der Waals surface area contributed by atoms with Gasteiger partial charge in [-0.1, -0.05) is 12.1 Å². The minimum Gasteiger partial charge on any atom is -0.493 e. The second-order valence-corrected chi connectivity index (χ2v) is 3.66. The molecule has 1 aromatic carbocycles. The molecular weight excluding hydrogens is 206 g/mol. The van der Waals surface area contributed by atoms with Crippen LogP contribution in [0.5, 0.6) is 11.5 Å². The quantitative estimate of drug-likeness (QED) is 0.840. The van der Waals surface area contributed by atoms with Crippen molar-refractivity contribution in [1.82, 2.24) is 5.32 Å². The molecule has 0 spiro atoms. The zero-order valence-corrected chi connectivity index (χ0v) is 9.66. The minimum absolute atomic E-state index is 0.179. The number of hydrogen-bond donors (Lipinski definition) is 1. The molecule has 1 fully saturated rings. The van der Waals surface area contributed by atoms with Crippen LogP contribution >= 0.6 is 0 Å². The Morgan fingerprint density at radius 2 is 2.19 bits per heavy atom. The lowest BCUT2D eigenvalue weighted by Crippen LogP contribution is -2.34. The monoisotopic (exact) mass is 223 g/mol. The molecule has 1 aliphatic heterocycles. The van der Waals surface area contributed by atoms with Crippen LogP contribution in [0.15, 0.2) is 18.2 Å². The van der Waals surface area contributed by atoms with Gasteiger partial charge in [-0.05, 0) is 6.07 Å². The fraction of sp³-hybridized carbons (Fsp3) is 0.500. The first-order chi connectivity index (χ1) is 7.86. The average Bonchev–Trinajstić information content (AvgIpc) is 2.38. The molecule has 1 aliphatic rings. The van der Waals surface area contributed by atoms with Crippen LogP contribution in [0.2, 0.25) is 0 Å². The normalized spacial score (nSPS) is 20.5. The first kappa shape index (κ1) is 11.2. The Morgan fingerprint density at radius 1 is 1.31 bits per heavy atom. The lowest BCUT2D eigenvalue weighted by molar-refractivity contribution is 0.0759. The number of hydrogen-bond acceptors (Lipinski definition) is 4. The SMILES string of the molecule is COc1cccc([C@@H]2COCCN2)c1OC. The fourth-order valence-electron chi connectivity index (χ4n) is 1.95. The van der Waals surface area contributed by atoms with Crippen molar-refractivity contribution in [2.45, 2.75) is 6.04 Å². The van der Waals surface area contributed by atoms with Crippen molar-refractivity contribution < 1.29 is 14.2 Å². The highest BCUT2D eigenvalue weighted by Crippen LogP contribution is 2.35. The average molecular weight is 223 g/mol. The lowest BCUT2D eigenvalue weighted by Gasteiger charge is -2.26. The van der Waals surface area contributed by atoms with Gasteiger partial charge in [-0.15, -0.1) is 0 Å². The number of rotatable bonds is 3. The van der Waals surface area contributed by atoms with Gasteiger partial charge in [0, 0.05) is 12.1 Å². The summed E-state index contributed by atoms with van der Waals surface area (Å²) >= 11 is 0. The predicted molar refractivity (Wildman–Crippen MR) is 61.1 cm³/mol. The summed E-state index contributed by atoms with van der Waals surface area (Å²) in [7, 11) is 3.30. The number of nitrogens with one attached hydrogen (secondary N) is 1. The summed E-state index contributed by atoms with van der Waals surface area (Å²) < 4.78 is 16.1. The van der Waals surface area contributed by atoms with E-state index < -0.39 is 0 Å². The van der Waals surface area contributed by atoms with Gasteiger partial charge in [0.1, 0.15) is 0 Å². The van der Waals surface area contributed by atoms with Gasteiger partial charge in [0.2, 0.25) is 0 Å². The third-order valence-electron chi connectivity index (χ3n) is 2.73. The van der Waals surface area contributed by atoms with Crippen LogP contribution in [-0.4, -0.2) is 34.0 Å². The first-order valence-electron chi connectivity index (χ1n) is 5.39. The summed E-state index contributed by atoms with van der Waals surface area (Å²) in [5.41, 5.74) is 1.08. The van der Waals surface area contributed by atoms with Crippen molar-refractivity contribution in [2.24, 2.45) is 0 Å². The predicted octanol–water partition coefficient (Wildman–Crippen LogP) is 1.36. The summed E-state index contributed by atoms with van der Waals surface area (Å²) in [6, 6.07) is 6.07. The summed E-state index contributed by atoms with van der Waals surface area (Å²) in [6.45, 7) is 2.30. The molecule has 4 heteroatoms. The van der Waals surface area contributed by atoms with Crippen molar-refractivity contribution in [3.8, 4) is 11.5 Å². The van der Waals surface area contributed by atoms with Gasteiger partial charge < -0.3 is 19.5 Å². The Morgan fingerprint density at radius 3 is 2.81 bits per heavy atom. The van der Waals surface area contributed by atoms with E-state index in [1.54, 1.807) is 14.2 Å². The lowest BCUT2D eigenvalue weighted by atomic mass is 10.0. The van der Waals surface area contributed by atoms with Crippen LogP contribution in [0.25, 0.3) is 0 Å². The maximum absolute atomic E-state index is 5.45. The Kier molecular flexibility index (Phi) is 3.64. The standard InChI is InChI=1S/C12H17NO3/c1-14-11-5-3-4-9(12(11)15-2)10-8-16-7-6-13-10/h3-5,10,13H,6-8H2,1-2H3/t10-/m0/s1. The molecule has 4 nitrogen and oxygen atoms in total. The number of para-hydroxylation sites is 1. The topological polar surface area (TPSA) is 39.7 Å². The van der Waals surface area contributed by atoms with Crippen molar-refractivity contribution in [1.29, 1.82) is 0 Å². The Hall–Kier alpha value is -1.26. The molecule has 2 rings (SSSR count). The number of benzene rings is 1. The number of methoxy groups -OCH3 is 2. The van der Waals surface area contributed by atoms with E-state index >= 15 is 0 Å². The van der Waals surface area contributed by atoms with Crippen LogP contribution in [0.3, 0.4) is 0 Å². The van der Waals surface area contributed by atoms with Crippen molar-refractivity contribution in [3.05, 3.63) is 23.8 Å². The molecule has 0 aliphatic carbocycles. The summed E-state index contributed by atoms with van der Waals surface area (Å²) in [4.78, 5) is 0. The highest BCUT2D eigenvalue weighted by Gasteiger charge is 2.20. The van der Waals surface area contributed by atoms with E-state index in [1.807, 2.05) is 18.2 Å². The Balaban J connectivity index is 2.30. The molecule has 88 valence electrons. The van der Waals surface area contributed by atoms with Gasteiger partial charge in [0.05, 0.1) is 33.5 Å². The van der Waals surface area contributed by atoms with Crippen molar-refractivity contribution >= 4 is 0 Å². The maximum Gasteiger partial charge on any atom is 0.165 e. The summed E-state index contributed by atoms with van der Waals surface area (Å²) in [5, 5.41) is 3.40. The number of morpholine rings is 1. The molecular formula is C12H17NO3. The third-order valence-corrected chi connectivity index (χ3v) is 2.73. The molecule has 0 aromatic heterocycles.